The number of halogens is 7. The van der Waals surface area contributed by atoms with Gasteiger partial charge in [0.15, 0.2) is 5.15 Å². The lowest BCUT2D eigenvalue weighted by molar-refractivity contribution is -0.289. The van der Waals surface area contributed by atoms with E-state index in [1.54, 1.807) is 0 Å². The van der Waals surface area contributed by atoms with Crippen LogP contribution < -0.4 is 5.32 Å². The van der Waals surface area contributed by atoms with Gasteiger partial charge in [-0.05, 0) is 12.1 Å². The van der Waals surface area contributed by atoms with E-state index in [0.717, 1.165) is 6.20 Å². The van der Waals surface area contributed by atoms with Crippen molar-refractivity contribution in [2.75, 3.05) is 5.32 Å². The number of hydrogen-bond donors (Lipinski definition) is 1. The van der Waals surface area contributed by atoms with Gasteiger partial charge >= 0.3 is 12.1 Å². The fraction of sp³-hybridized carbons (Fsp3) is 0.154. The average molecular weight is 370 g/mol. The van der Waals surface area contributed by atoms with Gasteiger partial charge < -0.3 is 5.32 Å². The summed E-state index contributed by atoms with van der Waals surface area (Å²) < 4.78 is 76.8. The quantitative estimate of drug-likeness (QED) is 0.826. The van der Waals surface area contributed by atoms with Crippen LogP contribution in [0.25, 0.3) is 0 Å². The molecule has 128 valence electrons. The molecule has 0 unspecified atom stereocenters. The normalized spacial score (nSPS) is 12.1. The molecular weight excluding hydrogens is 364 g/mol. The number of carbonyl (C=O) groups excluding carboxylic acids is 1. The number of carbonyl (C=O) groups is 1. The molecular formula is C13H6ClF6N3O. The van der Waals surface area contributed by atoms with Crippen LogP contribution >= 0.6 is 11.6 Å². The molecule has 0 fully saturated rings. The van der Waals surface area contributed by atoms with Crippen molar-refractivity contribution in [2.45, 2.75) is 12.1 Å². The van der Waals surface area contributed by atoms with Crippen molar-refractivity contribution in [3.8, 4) is 0 Å². The van der Waals surface area contributed by atoms with Crippen LogP contribution in [0.2, 0.25) is 5.15 Å². The maximum absolute atomic E-state index is 13.8. The monoisotopic (exact) mass is 369 g/mol. The second-order valence-electron chi connectivity index (χ2n) is 4.49. The summed E-state index contributed by atoms with van der Waals surface area (Å²) in [6.07, 6.45) is -4.81. The lowest BCUT2D eigenvalue weighted by Gasteiger charge is -2.20. The van der Waals surface area contributed by atoms with E-state index in [1.807, 2.05) is 0 Å². The lowest BCUT2D eigenvalue weighted by atomic mass is 10.0. The SMILES string of the molecule is O=C(Nc1cnnc(Cl)c1)c1ccc(C(F)(F)C(F)(F)F)cc1F. The maximum Gasteiger partial charge on any atom is 0.458 e. The third-order valence-electron chi connectivity index (χ3n) is 2.81. The molecule has 1 amide bonds. The van der Waals surface area contributed by atoms with Gasteiger partial charge in [-0.15, -0.1) is 5.10 Å². The van der Waals surface area contributed by atoms with Crippen LogP contribution in [0.5, 0.6) is 0 Å². The van der Waals surface area contributed by atoms with Gasteiger partial charge in [0.05, 0.1) is 17.4 Å². The highest BCUT2D eigenvalue weighted by Gasteiger charge is 2.58. The summed E-state index contributed by atoms with van der Waals surface area (Å²) in [7, 11) is 0. The Hall–Kier alpha value is -2.36. The van der Waals surface area contributed by atoms with Crippen LogP contribution in [0.1, 0.15) is 15.9 Å². The third kappa shape index (κ3) is 3.58. The van der Waals surface area contributed by atoms with Crippen LogP contribution in [-0.4, -0.2) is 22.3 Å². The van der Waals surface area contributed by atoms with Crippen molar-refractivity contribution >= 4 is 23.2 Å². The third-order valence-corrected chi connectivity index (χ3v) is 3.00. The minimum Gasteiger partial charge on any atom is -0.320 e. The summed E-state index contributed by atoms with van der Waals surface area (Å²) in [5.41, 5.74) is -2.31. The number of benzene rings is 1. The summed E-state index contributed by atoms with van der Waals surface area (Å²) in [4.78, 5) is 11.9. The van der Waals surface area contributed by atoms with Gasteiger partial charge in [0, 0.05) is 11.6 Å². The Bertz CT molecular complexity index is 781. The predicted octanol–water partition coefficient (Wildman–Crippen LogP) is 4.18. The highest BCUT2D eigenvalue weighted by molar-refractivity contribution is 6.29. The number of amides is 1. The topological polar surface area (TPSA) is 54.9 Å². The van der Waals surface area contributed by atoms with Crippen molar-refractivity contribution in [3.05, 3.63) is 52.6 Å². The molecule has 2 rings (SSSR count). The summed E-state index contributed by atoms with van der Waals surface area (Å²) in [6, 6.07) is 1.98. The number of nitrogens with zero attached hydrogens (tertiary/aromatic N) is 2. The van der Waals surface area contributed by atoms with E-state index in [1.165, 1.54) is 6.07 Å². The molecule has 2 aromatic rings. The van der Waals surface area contributed by atoms with Crippen LogP contribution in [0.4, 0.5) is 32.0 Å². The van der Waals surface area contributed by atoms with E-state index in [2.05, 4.69) is 15.5 Å². The first kappa shape index (κ1) is 18.0. The molecule has 11 heteroatoms. The largest absolute Gasteiger partial charge is 0.458 e. The second kappa shape index (κ2) is 6.27. The Morgan fingerprint density at radius 1 is 1.12 bits per heavy atom. The summed E-state index contributed by atoms with van der Waals surface area (Å²) in [5.74, 6) is -7.87. The van der Waals surface area contributed by atoms with Gasteiger partial charge in [0.2, 0.25) is 0 Å². The highest BCUT2D eigenvalue weighted by Crippen LogP contribution is 2.44. The molecule has 1 N–H and O–H groups in total. The number of nitrogens with one attached hydrogen (secondary N) is 1. The summed E-state index contributed by atoms with van der Waals surface area (Å²) in [6.45, 7) is 0. The van der Waals surface area contributed by atoms with Crippen molar-refractivity contribution in [3.63, 3.8) is 0 Å². The van der Waals surface area contributed by atoms with Crippen LogP contribution in [0.15, 0.2) is 30.5 Å². The molecule has 0 aliphatic carbocycles. The molecule has 0 spiro atoms. The Morgan fingerprint density at radius 2 is 1.79 bits per heavy atom. The maximum atomic E-state index is 13.8. The molecule has 4 nitrogen and oxygen atoms in total. The molecule has 0 saturated heterocycles. The first-order valence-electron chi connectivity index (χ1n) is 6.06. The van der Waals surface area contributed by atoms with Crippen molar-refractivity contribution in [1.29, 1.82) is 0 Å². The zero-order valence-corrected chi connectivity index (χ0v) is 12.1. The van der Waals surface area contributed by atoms with Crippen molar-refractivity contribution < 1.29 is 31.1 Å². The lowest BCUT2D eigenvalue weighted by Crippen LogP contribution is -2.33. The van der Waals surface area contributed by atoms with E-state index in [9.17, 15) is 31.1 Å². The van der Waals surface area contributed by atoms with E-state index >= 15 is 0 Å². The second-order valence-corrected chi connectivity index (χ2v) is 4.88. The van der Waals surface area contributed by atoms with Crippen LogP contribution in [0, 0.1) is 5.82 Å². The molecule has 0 aliphatic heterocycles. The zero-order chi connectivity index (χ0) is 18.1. The van der Waals surface area contributed by atoms with E-state index in [4.69, 9.17) is 11.6 Å². The minimum absolute atomic E-state index is 0.0316. The smallest absolute Gasteiger partial charge is 0.320 e. The molecule has 0 saturated carbocycles. The van der Waals surface area contributed by atoms with Crippen LogP contribution in [-0.2, 0) is 5.92 Å². The molecule has 1 heterocycles. The van der Waals surface area contributed by atoms with Gasteiger partial charge in [-0.1, -0.05) is 17.7 Å². The molecule has 0 atom stereocenters. The Morgan fingerprint density at radius 3 is 2.33 bits per heavy atom. The number of alkyl halides is 5. The minimum atomic E-state index is -5.89. The Balaban J connectivity index is 2.28. The number of anilines is 1. The van der Waals surface area contributed by atoms with Crippen molar-refractivity contribution in [1.82, 2.24) is 10.2 Å². The number of rotatable bonds is 3. The standard InChI is InChI=1S/C13H6ClF6N3O/c14-10-4-7(5-21-23-10)22-11(24)8-2-1-6(3-9(8)15)12(16,17)13(18,19)20/h1-5H,(H,22,23,24). The summed E-state index contributed by atoms with van der Waals surface area (Å²) in [5, 5.41) is 8.89. The van der Waals surface area contributed by atoms with Gasteiger partial charge in [-0.25, -0.2) is 4.39 Å². The van der Waals surface area contributed by atoms with E-state index < -0.39 is 35.0 Å². The van der Waals surface area contributed by atoms with Gasteiger partial charge in [-0.3, -0.25) is 4.79 Å². The van der Waals surface area contributed by atoms with E-state index in [0.29, 0.717) is 12.1 Å². The fourth-order valence-electron chi connectivity index (χ4n) is 1.67. The van der Waals surface area contributed by atoms with E-state index in [-0.39, 0.29) is 16.9 Å². The van der Waals surface area contributed by atoms with Gasteiger partial charge in [-0.2, -0.15) is 27.1 Å². The molecule has 0 bridgehead atoms. The zero-order valence-electron chi connectivity index (χ0n) is 11.3. The number of aromatic nitrogens is 2. The fourth-order valence-corrected chi connectivity index (χ4v) is 1.83. The number of hydrogen-bond acceptors (Lipinski definition) is 3. The molecule has 1 aromatic carbocycles. The van der Waals surface area contributed by atoms with Crippen LogP contribution in [0.3, 0.4) is 0 Å². The average Bonchev–Trinajstić information content (AvgIpc) is 2.45. The molecule has 0 radical (unpaired) electrons. The first-order valence-corrected chi connectivity index (χ1v) is 6.44. The first-order chi connectivity index (χ1) is 11.0. The molecule has 1 aromatic heterocycles. The predicted molar refractivity (Wildman–Crippen MR) is 71.3 cm³/mol. The Kier molecular flexibility index (Phi) is 4.70. The summed E-state index contributed by atoms with van der Waals surface area (Å²) >= 11 is 5.53. The molecule has 24 heavy (non-hydrogen) atoms. The van der Waals surface area contributed by atoms with Crippen molar-refractivity contribution in [2.24, 2.45) is 0 Å². The van der Waals surface area contributed by atoms with Gasteiger partial charge in [0.25, 0.3) is 5.91 Å². The molecule has 0 aliphatic rings. The van der Waals surface area contributed by atoms with Gasteiger partial charge in [0.1, 0.15) is 5.82 Å². The highest BCUT2D eigenvalue weighted by atomic mass is 35.5. The Labute approximate surface area is 135 Å².